The highest BCUT2D eigenvalue weighted by atomic mass is 32.2. The first kappa shape index (κ1) is 23.5. The van der Waals surface area contributed by atoms with Crippen LogP contribution in [0.5, 0.6) is 0 Å². The molecule has 6 nitrogen and oxygen atoms in total. The first-order chi connectivity index (χ1) is 15.7. The fourth-order valence-electron chi connectivity index (χ4n) is 3.89. The Morgan fingerprint density at radius 3 is 2.79 bits per heavy atom. The predicted molar refractivity (Wildman–Crippen MR) is 130 cm³/mol. The maximum atomic E-state index is 14.7. The second-order valence-electron chi connectivity index (χ2n) is 8.68. The van der Waals surface area contributed by atoms with Crippen molar-refractivity contribution < 1.29 is 9.18 Å². The smallest absolute Gasteiger partial charge is 0.267 e. The van der Waals surface area contributed by atoms with E-state index < -0.39 is 11.4 Å². The third-order valence-corrected chi connectivity index (χ3v) is 8.29. The number of rotatable bonds is 6. The van der Waals surface area contributed by atoms with E-state index >= 15 is 0 Å². The molecule has 0 bridgehead atoms. The Hall–Kier alpha value is -2.70. The number of aryl methyl sites for hydroxylation is 2. The van der Waals surface area contributed by atoms with Gasteiger partial charge in [-0.2, -0.15) is 5.26 Å². The van der Waals surface area contributed by atoms with E-state index in [1.807, 2.05) is 13.8 Å². The van der Waals surface area contributed by atoms with E-state index in [9.17, 15) is 19.2 Å². The van der Waals surface area contributed by atoms with Gasteiger partial charge in [0.15, 0.2) is 5.16 Å². The van der Waals surface area contributed by atoms with Gasteiger partial charge in [-0.1, -0.05) is 37.7 Å². The van der Waals surface area contributed by atoms with Gasteiger partial charge in [-0.05, 0) is 56.2 Å². The summed E-state index contributed by atoms with van der Waals surface area (Å²) >= 11 is 2.58. The van der Waals surface area contributed by atoms with Gasteiger partial charge in [-0.15, -0.1) is 11.3 Å². The number of carbonyl (C=O) groups excluding carboxylic acids is 1. The molecule has 1 N–H and O–H groups in total. The molecule has 3 aromatic rings. The number of thioether (sulfide) groups is 1. The van der Waals surface area contributed by atoms with E-state index in [-0.39, 0.29) is 34.0 Å². The molecule has 172 valence electrons. The summed E-state index contributed by atoms with van der Waals surface area (Å²) in [5, 5.41) is 13.1. The summed E-state index contributed by atoms with van der Waals surface area (Å²) in [6.07, 6.45) is 3.83. The van der Waals surface area contributed by atoms with Crippen LogP contribution in [-0.4, -0.2) is 26.8 Å². The summed E-state index contributed by atoms with van der Waals surface area (Å²) < 4.78 is 16.0. The van der Waals surface area contributed by atoms with Crippen molar-refractivity contribution in [1.82, 2.24) is 14.9 Å². The molecule has 0 saturated carbocycles. The van der Waals surface area contributed by atoms with E-state index in [1.165, 1.54) is 26.8 Å². The predicted octanol–water partition coefficient (Wildman–Crippen LogP) is 4.61. The van der Waals surface area contributed by atoms with Gasteiger partial charge < -0.3 is 5.32 Å². The number of nitrogens with zero attached hydrogens (tertiary/aromatic N) is 3. The molecule has 0 unspecified atom stereocenters. The van der Waals surface area contributed by atoms with Crippen molar-refractivity contribution in [2.75, 3.05) is 5.75 Å². The third kappa shape index (κ3) is 4.42. The molecular formula is C24H25FN4O2S2. The van der Waals surface area contributed by atoms with Gasteiger partial charge in [0, 0.05) is 4.88 Å². The van der Waals surface area contributed by atoms with Crippen molar-refractivity contribution in [2.24, 2.45) is 5.92 Å². The van der Waals surface area contributed by atoms with Crippen LogP contribution >= 0.6 is 23.1 Å². The number of aromatic nitrogens is 2. The molecular weight excluding hydrogens is 459 g/mol. The molecule has 0 spiro atoms. The number of carbonyl (C=O) groups is 1. The van der Waals surface area contributed by atoms with Gasteiger partial charge in [0.05, 0.1) is 22.9 Å². The topological polar surface area (TPSA) is 87.8 Å². The Kier molecular flexibility index (Phi) is 6.59. The van der Waals surface area contributed by atoms with E-state index in [0.717, 1.165) is 43.0 Å². The third-order valence-electron chi connectivity index (χ3n) is 6.17. The molecule has 4 rings (SSSR count). The Labute approximate surface area is 199 Å². The lowest BCUT2D eigenvalue weighted by molar-refractivity contribution is -0.120. The number of nitrogens with one attached hydrogen (secondary N) is 1. The van der Waals surface area contributed by atoms with E-state index in [2.05, 4.69) is 11.4 Å². The Balaban J connectivity index is 1.77. The van der Waals surface area contributed by atoms with Crippen LogP contribution in [-0.2, 0) is 17.6 Å². The first-order valence-electron chi connectivity index (χ1n) is 10.9. The van der Waals surface area contributed by atoms with Crippen LogP contribution in [0, 0.1) is 23.1 Å². The minimum absolute atomic E-state index is 0.0541. The second-order valence-corrected chi connectivity index (χ2v) is 10.7. The molecule has 1 amide bonds. The van der Waals surface area contributed by atoms with Crippen LogP contribution in [0.4, 0.5) is 4.39 Å². The van der Waals surface area contributed by atoms with Crippen LogP contribution in [0.15, 0.2) is 34.2 Å². The largest absolute Gasteiger partial charge is 0.337 e. The molecule has 1 atom stereocenters. The fraction of sp³-hybridized carbons (Fsp3) is 0.417. The van der Waals surface area contributed by atoms with E-state index in [1.54, 1.807) is 25.1 Å². The average Bonchev–Trinajstić information content (AvgIpc) is 3.17. The monoisotopic (exact) mass is 484 g/mol. The lowest BCUT2D eigenvalue weighted by Crippen LogP contribution is -2.49. The summed E-state index contributed by atoms with van der Waals surface area (Å²) in [6.45, 7) is 5.40. The minimum Gasteiger partial charge on any atom is -0.337 e. The van der Waals surface area contributed by atoms with Crippen LogP contribution in [0.25, 0.3) is 15.9 Å². The van der Waals surface area contributed by atoms with Crippen molar-refractivity contribution >= 4 is 39.2 Å². The highest BCUT2D eigenvalue weighted by Crippen LogP contribution is 2.35. The van der Waals surface area contributed by atoms with E-state index in [0.29, 0.717) is 10.2 Å². The zero-order valence-electron chi connectivity index (χ0n) is 18.8. The van der Waals surface area contributed by atoms with Crippen molar-refractivity contribution in [3.63, 3.8) is 0 Å². The van der Waals surface area contributed by atoms with Crippen molar-refractivity contribution in [1.29, 1.82) is 5.26 Å². The SMILES string of the molecule is CC(C)[C@](C)(C#N)NC(=O)CSc1nc2sc3c(c2c(=O)n1-c1ccccc1F)CCCC3. The number of benzene rings is 1. The number of hydrogen-bond acceptors (Lipinski definition) is 6. The highest BCUT2D eigenvalue weighted by molar-refractivity contribution is 7.99. The van der Waals surface area contributed by atoms with Crippen molar-refractivity contribution in [3.8, 4) is 11.8 Å². The Morgan fingerprint density at radius 2 is 2.09 bits per heavy atom. The average molecular weight is 485 g/mol. The molecule has 2 heterocycles. The Bertz CT molecular complexity index is 1320. The molecule has 1 aromatic carbocycles. The summed E-state index contributed by atoms with van der Waals surface area (Å²) in [5.41, 5.74) is -0.177. The molecule has 9 heteroatoms. The summed E-state index contributed by atoms with van der Waals surface area (Å²) in [6, 6.07) is 8.23. The Morgan fingerprint density at radius 1 is 1.36 bits per heavy atom. The van der Waals surface area contributed by atoms with Crippen LogP contribution in [0.2, 0.25) is 0 Å². The summed E-state index contributed by atoms with van der Waals surface area (Å²) in [4.78, 5) is 32.8. The van der Waals surface area contributed by atoms with Crippen LogP contribution in [0.1, 0.15) is 44.1 Å². The molecule has 2 aromatic heterocycles. The molecule has 1 aliphatic rings. The lowest BCUT2D eigenvalue weighted by atomic mass is 9.90. The quantitative estimate of drug-likeness (QED) is 0.408. The van der Waals surface area contributed by atoms with E-state index in [4.69, 9.17) is 4.98 Å². The van der Waals surface area contributed by atoms with Gasteiger partial charge >= 0.3 is 0 Å². The number of para-hydroxylation sites is 1. The number of thiophene rings is 1. The second kappa shape index (κ2) is 9.27. The van der Waals surface area contributed by atoms with Crippen molar-refractivity contribution in [2.45, 2.75) is 57.1 Å². The van der Waals surface area contributed by atoms with Gasteiger partial charge in [-0.25, -0.2) is 9.37 Å². The zero-order chi connectivity index (χ0) is 23.8. The van der Waals surface area contributed by atoms with Crippen molar-refractivity contribution in [3.05, 3.63) is 50.9 Å². The maximum absolute atomic E-state index is 14.7. The molecule has 0 fully saturated rings. The fourth-order valence-corrected chi connectivity index (χ4v) is 5.99. The van der Waals surface area contributed by atoms with Crippen LogP contribution < -0.4 is 10.9 Å². The number of fused-ring (bicyclic) bond motifs is 3. The summed E-state index contributed by atoms with van der Waals surface area (Å²) in [5.74, 6) is -1.02. The van der Waals surface area contributed by atoms with Gasteiger partial charge in [0.1, 0.15) is 16.2 Å². The number of hydrogen-bond donors (Lipinski definition) is 1. The number of amides is 1. The van der Waals surface area contributed by atoms with Gasteiger partial charge in [0.25, 0.3) is 5.56 Å². The lowest BCUT2D eigenvalue weighted by Gasteiger charge is -2.27. The zero-order valence-corrected chi connectivity index (χ0v) is 20.4. The highest BCUT2D eigenvalue weighted by Gasteiger charge is 2.30. The first-order valence-corrected chi connectivity index (χ1v) is 12.7. The van der Waals surface area contributed by atoms with Gasteiger partial charge in [0.2, 0.25) is 5.91 Å². The molecule has 0 aliphatic heterocycles. The normalized spacial score (nSPS) is 15.2. The van der Waals surface area contributed by atoms with Crippen LogP contribution in [0.3, 0.4) is 0 Å². The maximum Gasteiger partial charge on any atom is 0.267 e. The van der Waals surface area contributed by atoms with Gasteiger partial charge in [-0.3, -0.25) is 14.2 Å². The molecule has 1 aliphatic carbocycles. The molecule has 0 radical (unpaired) electrons. The summed E-state index contributed by atoms with van der Waals surface area (Å²) in [7, 11) is 0. The molecule has 33 heavy (non-hydrogen) atoms. The number of halogens is 1. The number of nitriles is 1. The molecule has 0 saturated heterocycles. The standard InChI is InChI=1S/C24H25FN4O2S2/c1-14(2)24(3,13-26)28-19(30)12-32-23-27-21-20(15-8-4-7-11-18(15)33-21)22(31)29(23)17-10-6-5-9-16(17)25/h5-6,9-10,14H,4,7-8,11-12H2,1-3H3,(H,28,30)/t24-/m0/s1. The minimum atomic E-state index is -1.01.